The van der Waals surface area contributed by atoms with Gasteiger partial charge in [0.25, 0.3) is 0 Å². The average Bonchev–Trinajstić information content (AvgIpc) is 2.03. The smallest absolute Gasteiger partial charge is 0.342 e. The zero-order valence-electron chi connectivity index (χ0n) is 8.27. The van der Waals surface area contributed by atoms with Crippen LogP contribution in [0.4, 0.5) is 0 Å². The number of rotatable bonds is 4. The highest BCUT2D eigenvalue weighted by molar-refractivity contribution is 5.68. The van der Waals surface area contributed by atoms with Gasteiger partial charge in [-0.15, -0.1) is 0 Å². The SMILES string of the molecule is CC(O)CC(=O)O.CCCC(=O)OO. The van der Waals surface area contributed by atoms with Gasteiger partial charge in [0.05, 0.1) is 12.5 Å². The molecule has 0 aromatic carbocycles. The van der Waals surface area contributed by atoms with Gasteiger partial charge in [0, 0.05) is 6.42 Å². The summed E-state index contributed by atoms with van der Waals surface area (Å²) in [7, 11) is 0. The fourth-order valence-electron chi connectivity index (χ4n) is 0.502. The fourth-order valence-corrected chi connectivity index (χ4v) is 0.502. The maximum absolute atomic E-state index is 9.94. The number of carbonyl (C=O) groups is 2. The van der Waals surface area contributed by atoms with Gasteiger partial charge in [-0.25, -0.2) is 4.79 Å². The number of carboxylic acids is 1. The molecule has 0 heterocycles. The van der Waals surface area contributed by atoms with Crippen molar-refractivity contribution < 1.29 is 29.9 Å². The van der Waals surface area contributed by atoms with Crippen molar-refractivity contribution in [3.63, 3.8) is 0 Å². The second-order valence-corrected chi connectivity index (χ2v) is 2.66. The van der Waals surface area contributed by atoms with Crippen molar-refractivity contribution in [2.45, 2.75) is 39.2 Å². The van der Waals surface area contributed by atoms with Crippen LogP contribution in [0, 0.1) is 0 Å². The minimum absolute atomic E-state index is 0.167. The van der Waals surface area contributed by atoms with E-state index in [0.29, 0.717) is 6.42 Å². The molecule has 1 unspecified atom stereocenters. The number of hydrogen-bond acceptors (Lipinski definition) is 5. The Morgan fingerprint density at radius 2 is 1.93 bits per heavy atom. The Bertz CT molecular complexity index is 165. The average molecular weight is 208 g/mol. The highest BCUT2D eigenvalue weighted by Crippen LogP contribution is 1.86. The van der Waals surface area contributed by atoms with Gasteiger partial charge in [-0.05, 0) is 13.3 Å². The fraction of sp³-hybridized carbons (Fsp3) is 0.750. The van der Waals surface area contributed by atoms with Crippen LogP contribution in [0.25, 0.3) is 0 Å². The second kappa shape index (κ2) is 9.94. The van der Waals surface area contributed by atoms with E-state index in [2.05, 4.69) is 4.89 Å². The largest absolute Gasteiger partial charge is 0.481 e. The highest BCUT2D eigenvalue weighted by Gasteiger charge is 2.00. The van der Waals surface area contributed by atoms with Crippen LogP contribution in [0.2, 0.25) is 0 Å². The molecule has 0 aliphatic carbocycles. The molecule has 84 valence electrons. The monoisotopic (exact) mass is 208 g/mol. The van der Waals surface area contributed by atoms with Crippen LogP contribution in [0.5, 0.6) is 0 Å². The molecule has 0 rings (SSSR count). The molecule has 0 saturated carbocycles. The summed E-state index contributed by atoms with van der Waals surface area (Å²) in [5, 5.41) is 23.9. The van der Waals surface area contributed by atoms with Crippen molar-refractivity contribution in [3.05, 3.63) is 0 Å². The van der Waals surface area contributed by atoms with Crippen molar-refractivity contribution >= 4 is 11.9 Å². The van der Waals surface area contributed by atoms with Crippen LogP contribution >= 0.6 is 0 Å². The number of aliphatic carboxylic acids is 1. The predicted octanol–water partition coefficient (Wildman–Crippen LogP) is 0.645. The van der Waals surface area contributed by atoms with Crippen LogP contribution in [0.15, 0.2) is 0 Å². The number of aliphatic hydroxyl groups excluding tert-OH is 1. The van der Waals surface area contributed by atoms with E-state index in [0.717, 1.165) is 0 Å². The van der Waals surface area contributed by atoms with Crippen molar-refractivity contribution in [1.82, 2.24) is 0 Å². The third-order valence-corrected chi connectivity index (χ3v) is 1.03. The highest BCUT2D eigenvalue weighted by atomic mass is 17.1. The first-order chi connectivity index (χ1) is 6.43. The minimum atomic E-state index is -0.963. The number of carboxylic acid groups (broad SMARTS) is 1. The molecule has 0 aliphatic rings. The zero-order chi connectivity index (χ0) is 11.6. The number of carbonyl (C=O) groups excluding carboxylic acids is 1. The lowest BCUT2D eigenvalue weighted by Gasteiger charge is -1.94. The Labute approximate surface area is 82.0 Å². The number of aliphatic hydroxyl groups is 1. The topological polar surface area (TPSA) is 104 Å². The van der Waals surface area contributed by atoms with E-state index in [4.69, 9.17) is 15.5 Å². The quantitative estimate of drug-likeness (QED) is 0.462. The molecule has 0 aromatic rings. The normalized spacial score (nSPS) is 10.9. The lowest BCUT2D eigenvalue weighted by molar-refractivity contribution is -0.234. The van der Waals surface area contributed by atoms with Gasteiger partial charge in [0.15, 0.2) is 0 Å². The summed E-state index contributed by atoms with van der Waals surface area (Å²) in [6.07, 6.45) is 0.105. The lowest BCUT2D eigenvalue weighted by atomic mass is 10.3. The molecule has 0 aliphatic heterocycles. The molecule has 14 heavy (non-hydrogen) atoms. The standard InChI is InChI=1S/2C4H8O3/c1-3(5)2-4(6)7;1-2-3-4(5)7-6/h3,5H,2H2,1H3,(H,6,7);6H,2-3H2,1H3. The molecule has 3 N–H and O–H groups in total. The number of hydrogen-bond donors (Lipinski definition) is 3. The van der Waals surface area contributed by atoms with E-state index in [1.54, 1.807) is 0 Å². The summed E-state index contributed by atoms with van der Waals surface area (Å²) in [5.74, 6) is -1.53. The van der Waals surface area contributed by atoms with Crippen molar-refractivity contribution in [3.8, 4) is 0 Å². The Hall–Kier alpha value is -1.14. The molecule has 6 nitrogen and oxygen atoms in total. The first-order valence-corrected chi connectivity index (χ1v) is 4.18. The summed E-state index contributed by atoms with van der Waals surface area (Å²) in [6.45, 7) is 3.27. The van der Waals surface area contributed by atoms with Gasteiger partial charge >= 0.3 is 11.9 Å². The van der Waals surface area contributed by atoms with E-state index in [1.165, 1.54) is 6.92 Å². The van der Waals surface area contributed by atoms with Crippen molar-refractivity contribution in [1.29, 1.82) is 0 Å². The molecular weight excluding hydrogens is 192 g/mol. The molecule has 1 atom stereocenters. The minimum Gasteiger partial charge on any atom is -0.481 e. The van der Waals surface area contributed by atoms with Gasteiger partial charge in [0.2, 0.25) is 0 Å². The van der Waals surface area contributed by atoms with Crippen molar-refractivity contribution in [2.24, 2.45) is 0 Å². The molecular formula is C8H16O6. The van der Waals surface area contributed by atoms with Crippen LogP contribution < -0.4 is 0 Å². The molecule has 0 fully saturated rings. The summed E-state index contributed by atoms with van der Waals surface area (Å²) < 4.78 is 0. The summed E-state index contributed by atoms with van der Waals surface area (Å²) in [6, 6.07) is 0. The lowest BCUT2D eigenvalue weighted by Crippen LogP contribution is -2.07. The summed E-state index contributed by atoms with van der Waals surface area (Å²) in [4.78, 5) is 22.9. The predicted molar refractivity (Wildman–Crippen MR) is 47.6 cm³/mol. The van der Waals surface area contributed by atoms with Crippen LogP contribution in [-0.4, -0.2) is 33.5 Å². The Kier molecular flexibility index (Phi) is 10.9. The zero-order valence-corrected chi connectivity index (χ0v) is 8.27. The van der Waals surface area contributed by atoms with E-state index in [-0.39, 0.29) is 12.8 Å². The van der Waals surface area contributed by atoms with E-state index >= 15 is 0 Å². The van der Waals surface area contributed by atoms with Crippen LogP contribution in [-0.2, 0) is 14.5 Å². The Balaban J connectivity index is 0. The van der Waals surface area contributed by atoms with Gasteiger partial charge in [-0.2, -0.15) is 5.26 Å². The molecule has 0 spiro atoms. The third kappa shape index (κ3) is 17.1. The maximum Gasteiger partial charge on any atom is 0.342 e. The first kappa shape index (κ1) is 15.3. The van der Waals surface area contributed by atoms with Crippen LogP contribution in [0.1, 0.15) is 33.1 Å². The van der Waals surface area contributed by atoms with E-state index in [1.807, 2.05) is 6.92 Å². The second-order valence-electron chi connectivity index (χ2n) is 2.66. The maximum atomic E-state index is 9.94. The molecule has 0 amide bonds. The first-order valence-electron chi connectivity index (χ1n) is 4.18. The van der Waals surface area contributed by atoms with Crippen LogP contribution in [0.3, 0.4) is 0 Å². The van der Waals surface area contributed by atoms with Gasteiger partial charge in [0.1, 0.15) is 0 Å². The van der Waals surface area contributed by atoms with Crippen molar-refractivity contribution in [2.75, 3.05) is 0 Å². The summed E-state index contributed by atoms with van der Waals surface area (Å²) >= 11 is 0. The molecule has 0 saturated heterocycles. The van der Waals surface area contributed by atoms with E-state index < -0.39 is 18.0 Å². The molecule has 0 aromatic heterocycles. The van der Waals surface area contributed by atoms with Gasteiger partial charge in [-0.1, -0.05) is 6.92 Å². The van der Waals surface area contributed by atoms with Gasteiger partial charge < -0.3 is 15.1 Å². The van der Waals surface area contributed by atoms with Gasteiger partial charge in [-0.3, -0.25) is 4.79 Å². The molecule has 6 heteroatoms. The third-order valence-electron chi connectivity index (χ3n) is 1.03. The Morgan fingerprint density at radius 3 is 2.00 bits per heavy atom. The summed E-state index contributed by atoms with van der Waals surface area (Å²) in [5.41, 5.74) is 0. The Morgan fingerprint density at radius 1 is 1.43 bits per heavy atom. The molecule has 0 bridgehead atoms. The van der Waals surface area contributed by atoms with E-state index in [9.17, 15) is 9.59 Å². The molecule has 0 radical (unpaired) electrons.